The van der Waals surface area contributed by atoms with Crippen LogP contribution in [0.25, 0.3) is 0 Å². The highest BCUT2D eigenvalue weighted by atomic mass is 16.6. The van der Waals surface area contributed by atoms with E-state index in [1.165, 1.54) is 135 Å². The number of hydrogen-bond acceptors (Lipinski definition) is 6. The van der Waals surface area contributed by atoms with Gasteiger partial charge in [-0.2, -0.15) is 0 Å². The SMILES string of the molecule is CC/C=C\C/C=C\C/C=C\C/C=C\C/C=C\C/C=C\C/C=C\C/C=C\CCCCCCCCCCCCC(=O)OCC(COC(=O)CCCCCCCCCC)OC(=O)CCCCCCCCC/C=C\C/C=C\CCCCC. The molecule has 0 amide bonds. The number of unbranched alkanes of at least 4 members (excludes halogenated alkanes) is 27. The van der Waals surface area contributed by atoms with Crippen LogP contribution in [0.2, 0.25) is 0 Å². The Morgan fingerprint density at radius 1 is 0.269 bits per heavy atom. The molecule has 0 heterocycles. The number of ether oxygens (including phenoxy) is 3. The summed E-state index contributed by atoms with van der Waals surface area (Å²) in [6.45, 7) is 6.47. The smallest absolute Gasteiger partial charge is 0.306 e. The highest BCUT2D eigenvalue weighted by Gasteiger charge is 2.19. The molecule has 0 aliphatic rings. The van der Waals surface area contributed by atoms with E-state index in [0.717, 1.165) is 122 Å². The molecule has 0 rings (SSSR count). The van der Waals surface area contributed by atoms with Crippen molar-refractivity contribution < 1.29 is 28.6 Å². The average Bonchev–Trinajstić information content (AvgIpc) is 3.44. The lowest BCUT2D eigenvalue weighted by molar-refractivity contribution is -0.167. The maximum absolute atomic E-state index is 12.8. The molecule has 0 aromatic rings. The van der Waals surface area contributed by atoms with Gasteiger partial charge in [-0.1, -0.05) is 284 Å². The molecule has 1 unspecified atom stereocenters. The molecule has 6 heteroatoms. The molecule has 0 fully saturated rings. The zero-order valence-electron chi connectivity index (χ0n) is 50.9. The summed E-state index contributed by atoms with van der Waals surface area (Å²) in [5.41, 5.74) is 0. The van der Waals surface area contributed by atoms with Gasteiger partial charge in [-0.25, -0.2) is 0 Å². The molecular formula is C72H120O6. The summed E-state index contributed by atoms with van der Waals surface area (Å²) in [5, 5.41) is 0. The third kappa shape index (κ3) is 62.7. The van der Waals surface area contributed by atoms with E-state index in [1.54, 1.807) is 0 Å². The summed E-state index contributed by atoms with van der Waals surface area (Å²) in [7, 11) is 0. The summed E-state index contributed by atoms with van der Waals surface area (Å²) in [4.78, 5) is 38.1. The van der Waals surface area contributed by atoms with Crippen LogP contribution in [-0.4, -0.2) is 37.2 Å². The van der Waals surface area contributed by atoms with Gasteiger partial charge in [-0.3, -0.25) is 14.4 Å². The Labute approximate surface area is 482 Å². The molecule has 0 radical (unpaired) electrons. The van der Waals surface area contributed by atoms with E-state index in [1.807, 2.05) is 0 Å². The van der Waals surface area contributed by atoms with Crippen LogP contribution < -0.4 is 0 Å². The minimum absolute atomic E-state index is 0.0814. The first-order chi connectivity index (χ1) is 38.5. The van der Waals surface area contributed by atoms with Crippen LogP contribution >= 0.6 is 0 Å². The highest BCUT2D eigenvalue weighted by molar-refractivity contribution is 5.71. The lowest BCUT2D eigenvalue weighted by Gasteiger charge is -2.18. The lowest BCUT2D eigenvalue weighted by atomic mass is 10.1. The van der Waals surface area contributed by atoms with Gasteiger partial charge < -0.3 is 14.2 Å². The molecule has 0 aromatic heterocycles. The Bertz CT molecular complexity index is 1620. The summed E-state index contributed by atoms with van der Waals surface area (Å²) in [5.74, 6) is -0.894. The fourth-order valence-electron chi connectivity index (χ4n) is 8.84. The van der Waals surface area contributed by atoms with Crippen molar-refractivity contribution in [2.45, 2.75) is 303 Å². The molecule has 0 aromatic carbocycles. The van der Waals surface area contributed by atoms with E-state index < -0.39 is 6.10 Å². The second-order valence-corrected chi connectivity index (χ2v) is 21.3. The van der Waals surface area contributed by atoms with Gasteiger partial charge >= 0.3 is 17.9 Å². The summed E-state index contributed by atoms with van der Waals surface area (Å²) in [6.07, 6.45) is 90.8. The van der Waals surface area contributed by atoms with Crippen LogP contribution in [0.1, 0.15) is 297 Å². The van der Waals surface area contributed by atoms with Crippen LogP contribution in [0.3, 0.4) is 0 Å². The van der Waals surface area contributed by atoms with E-state index >= 15 is 0 Å². The molecule has 0 bridgehead atoms. The van der Waals surface area contributed by atoms with Crippen LogP contribution in [0.4, 0.5) is 0 Å². The van der Waals surface area contributed by atoms with Crippen molar-refractivity contribution in [2.75, 3.05) is 13.2 Å². The number of allylic oxidation sites excluding steroid dienone is 20. The van der Waals surface area contributed by atoms with Crippen LogP contribution in [-0.2, 0) is 28.6 Å². The van der Waals surface area contributed by atoms with Gasteiger partial charge in [0.15, 0.2) is 6.10 Å². The van der Waals surface area contributed by atoms with Crippen molar-refractivity contribution in [3.63, 3.8) is 0 Å². The van der Waals surface area contributed by atoms with Crippen molar-refractivity contribution in [2.24, 2.45) is 0 Å². The Hall–Kier alpha value is -4.19. The fraction of sp³-hybridized carbons (Fsp3) is 0.681. The predicted molar refractivity (Wildman–Crippen MR) is 339 cm³/mol. The maximum atomic E-state index is 12.8. The molecule has 0 saturated heterocycles. The highest BCUT2D eigenvalue weighted by Crippen LogP contribution is 2.15. The Kier molecular flexibility index (Phi) is 61.8. The largest absolute Gasteiger partial charge is 0.462 e. The molecular weight excluding hydrogens is 961 g/mol. The summed E-state index contributed by atoms with van der Waals surface area (Å²) < 4.78 is 16.8. The van der Waals surface area contributed by atoms with Crippen molar-refractivity contribution in [3.05, 3.63) is 122 Å². The molecule has 0 aliphatic carbocycles. The van der Waals surface area contributed by atoms with Gasteiger partial charge in [-0.05, 0) is 116 Å². The quantitative estimate of drug-likeness (QED) is 0.0261. The maximum Gasteiger partial charge on any atom is 0.306 e. The minimum atomic E-state index is -0.783. The van der Waals surface area contributed by atoms with Gasteiger partial charge in [-0.15, -0.1) is 0 Å². The van der Waals surface area contributed by atoms with E-state index in [0.29, 0.717) is 19.3 Å². The Morgan fingerprint density at radius 3 is 0.808 bits per heavy atom. The molecule has 0 spiro atoms. The zero-order valence-corrected chi connectivity index (χ0v) is 50.9. The second-order valence-electron chi connectivity index (χ2n) is 21.3. The Morgan fingerprint density at radius 2 is 0.500 bits per heavy atom. The molecule has 6 nitrogen and oxygen atoms in total. The van der Waals surface area contributed by atoms with Crippen molar-refractivity contribution in [1.29, 1.82) is 0 Å². The third-order valence-electron chi connectivity index (χ3n) is 13.7. The summed E-state index contributed by atoms with van der Waals surface area (Å²) in [6, 6.07) is 0. The fourth-order valence-corrected chi connectivity index (χ4v) is 8.84. The van der Waals surface area contributed by atoms with Gasteiger partial charge in [0.25, 0.3) is 0 Å². The first-order valence-corrected chi connectivity index (χ1v) is 32.5. The van der Waals surface area contributed by atoms with E-state index in [2.05, 4.69) is 142 Å². The monoisotopic (exact) mass is 1080 g/mol. The van der Waals surface area contributed by atoms with E-state index in [4.69, 9.17) is 14.2 Å². The van der Waals surface area contributed by atoms with Gasteiger partial charge in [0.2, 0.25) is 0 Å². The zero-order chi connectivity index (χ0) is 56.4. The number of carbonyl (C=O) groups is 3. The predicted octanol–water partition coefficient (Wildman–Crippen LogP) is 22.4. The van der Waals surface area contributed by atoms with Gasteiger partial charge in [0, 0.05) is 19.3 Å². The lowest BCUT2D eigenvalue weighted by Crippen LogP contribution is -2.30. The number of esters is 3. The van der Waals surface area contributed by atoms with Crippen LogP contribution in [0, 0.1) is 0 Å². The average molecular weight is 1080 g/mol. The normalized spacial score (nSPS) is 12.9. The molecule has 78 heavy (non-hydrogen) atoms. The molecule has 0 saturated carbocycles. The molecule has 0 aliphatic heterocycles. The number of carbonyl (C=O) groups excluding carboxylic acids is 3. The van der Waals surface area contributed by atoms with Gasteiger partial charge in [0.1, 0.15) is 13.2 Å². The van der Waals surface area contributed by atoms with Crippen molar-refractivity contribution in [1.82, 2.24) is 0 Å². The first kappa shape index (κ1) is 73.8. The molecule has 444 valence electrons. The number of rotatable bonds is 58. The standard InChI is InChI=1S/C72H120O6/c1-4-7-10-13-16-19-21-23-25-27-28-29-30-31-32-33-34-35-36-37-38-39-40-41-42-43-44-46-47-49-51-53-56-59-62-65-71(74)77-68-69(67-76-70(73)64-61-58-55-18-15-12-9-6-3)78-72(75)66-63-60-57-54-52-50-48-45-26-24-22-20-17-14-11-8-5-2/h7,10,16-17,19-20,23-26,28-29,31-32,34-35,37-38,40-41,69H,4-6,8-9,11-15,18,21-22,27,30,33,36,39,42-68H2,1-3H3/b10-7-,19-16-,20-17-,25-23-,26-24-,29-28-,32-31-,35-34-,38-37-,41-40-. The van der Waals surface area contributed by atoms with Crippen molar-refractivity contribution >= 4 is 17.9 Å². The summed E-state index contributed by atoms with van der Waals surface area (Å²) >= 11 is 0. The second kappa shape index (κ2) is 65.3. The topological polar surface area (TPSA) is 78.9 Å². The molecule has 1 atom stereocenters. The third-order valence-corrected chi connectivity index (χ3v) is 13.7. The first-order valence-electron chi connectivity index (χ1n) is 32.5. The van der Waals surface area contributed by atoms with E-state index in [9.17, 15) is 14.4 Å². The van der Waals surface area contributed by atoms with E-state index in [-0.39, 0.29) is 31.1 Å². The van der Waals surface area contributed by atoms with Crippen LogP contribution in [0.15, 0.2) is 122 Å². The Balaban J connectivity index is 4.14. The minimum Gasteiger partial charge on any atom is -0.462 e. The molecule has 0 N–H and O–H groups in total. The van der Waals surface area contributed by atoms with Gasteiger partial charge in [0.05, 0.1) is 0 Å². The van der Waals surface area contributed by atoms with Crippen LogP contribution in [0.5, 0.6) is 0 Å². The number of hydrogen-bond donors (Lipinski definition) is 0. The van der Waals surface area contributed by atoms with Crippen molar-refractivity contribution in [3.8, 4) is 0 Å².